The predicted octanol–water partition coefficient (Wildman–Crippen LogP) is 5.10. The topological polar surface area (TPSA) is 59.6 Å². The molecule has 0 aliphatic rings. The van der Waals surface area contributed by atoms with Gasteiger partial charge in [0.15, 0.2) is 5.11 Å². The molecule has 0 saturated carbocycles. The molecule has 8 heteroatoms. The van der Waals surface area contributed by atoms with Gasteiger partial charge in [-0.2, -0.15) is 0 Å². The number of halogens is 1. The summed E-state index contributed by atoms with van der Waals surface area (Å²) < 4.78 is 11.9. The first kappa shape index (κ1) is 20.5. The minimum absolute atomic E-state index is 0.166. The maximum Gasteiger partial charge on any atom is 0.269 e. The molecule has 0 aliphatic carbocycles. The Bertz CT molecular complexity index is 990. The zero-order valence-electron chi connectivity index (χ0n) is 15.2. The van der Waals surface area contributed by atoms with Crippen LogP contribution >= 0.6 is 35.2 Å². The van der Waals surface area contributed by atoms with Gasteiger partial charge in [-0.3, -0.25) is 10.1 Å². The average Bonchev–Trinajstić information content (AvgIpc) is 3.03. The van der Waals surface area contributed by atoms with Crippen molar-refractivity contribution in [2.45, 2.75) is 6.92 Å². The van der Waals surface area contributed by atoms with Crippen LogP contribution < -0.4 is 15.4 Å². The lowest BCUT2D eigenvalue weighted by molar-refractivity contribution is 0.0982. The fourth-order valence-electron chi connectivity index (χ4n) is 2.52. The summed E-state index contributed by atoms with van der Waals surface area (Å²) in [6.07, 6.45) is 0. The number of fused-ring (bicyclic) bond motifs is 1. The summed E-state index contributed by atoms with van der Waals surface area (Å²) in [6, 6.07) is 15.0. The van der Waals surface area contributed by atoms with E-state index in [1.807, 2.05) is 55.5 Å². The number of carbonyl (C=O) groups excluding carboxylic acids is 1. The highest BCUT2D eigenvalue weighted by Crippen LogP contribution is 2.35. The summed E-state index contributed by atoms with van der Waals surface area (Å²) in [4.78, 5) is 13.0. The zero-order valence-corrected chi connectivity index (χ0v) is 17.5. The number of ether oxygens (including phenoxy) is 2. The predicted molar refractivity (Wildman–Crippen MR) is 119 cm³/mol. The molecule has 0 aliphatic heterocycles. The second kappa shape index (κ2) is 9.84. The molecule has 0 atom stereocenters. The Kier molecular flexibility index (Phi) is 7.22. The maximum absolute atomic E-state index is 12.6. The van der Waals surface area contributed by atoms with E-state index in [2.05, 4.69) is 10.6 Å². The van der Waals surface area contributed by atoms with Crippen LogP contribution in [0, 0.1) is 0 Å². The number of anilines is 1. The van der Waals surface area contributed by atoms with E-state index in [0.717, 1.165) is 10.1 Å². The largest absolute Gasteiger partial charge is 0.489 e. The van der Waals surface area contributed by atoms with Crippen molar-refractivity contribution in [1.29, 1.82) is 0 Å². The molecule has 3 aromatic rings. The van der Waals surface area contributed by atoms with Crippen LogP contribution in [0.25, 0.3) is 10.1 Å². The Balaban J connectivity index is 1.65. The Hall–Kier alpha value is -2.19. The van der Waals surface area contributed by atoms with Gasteiger partial charge >= 0.3 is 0 Å². The fraction of sp³-hybridized carbons (Fsp3) is 0.200. The smallest absolute Gasteiger partial charge is 0.269 e. The molecule has 5 nitrogen and oxygen atoms in total. The van der Waals surface area contributed by atoms with E-state index in [9.17, 15) is 4.79 Å². The van der Waals surface area contributed by atoms with Crippen molar-refractivity contribution in [3.63, 3.8) is 0 Å². The summed E-state index contributed by atoms with van der Waals surface area (Å²) >= 11 is 13.0. The first-order valence-corrected chi connectivity index (χ1v) is 10.3. The van der Waals surface area contributed by atoms with Crippen LogP contribution in [0.5, 0.6) is 5.75 Å². The van der Waals surface area contributed by atoms with Crippen molar-refractivity contribution in [2.75, 3.05) is 25.1 Å². The standard InChI is InChI=1S/C20H19ClN2O3S2/c1-2-25-11-12-26-15-9-5-4-8-14(15)22-20(27)23-19(24)18-17(21)13-7-3-6-10-16(13)28-18/h3-10H,2,11-12H2,1H3,(H2,22,23,24,27). The van der Waals surface area contributed by atoms with E-state index in [1.165, 1.54) is 11.3 Å². The van der Waals surface area contributed by atoms with Crippen molar-refractivity contribution in [3.8, 4) is 5.75 Å². The molecular formula is C20H19ClN2O3S2. The van der Waals surface area contributed by atoms with Crippen molar-refractivity contribution >= 4 is 61.9 Å². The maximum atomic E-state index is 12.6. The molecular weight excluding hydrogens is 416 g/mol. The van der Waals surface area contributed by atoms with Gasteiger partial charge in [0.1, 0.15) is 17.2 Å². The van der Waals surface area contributed by atoms with Crippen molar-refractivity contribution in [2.24, 2.45) is 0 Å². The van der Waals surface area contributed by atoms with E-state index >= 15 is 0 Å². The molecule has 2 aromatic carbocycles. The summed E-state index contributed by atoms with van der Waals surface area (Å²) in [5.74, 6) is 0.275. The molecule has 1 amide bonds. The fourth-order valence-corrected chi connectivity index (χ4v) is 4.14. The number of thiophene rings is 1. The van der Waals surface area contributed by atoms with E-state index in [1.54, 1.807) is 0 Å². The SMILES string of the molecule is CCOCCOc1ccccc1NC(=S)NC(=O)c1sc2ccccc2c1Cl. The quantitative estimate of drug-likeness (QED) is 0.400. The Morgan fingerprint density at radius 3 is 2.68 bits per heavy atom. The average molecular weight is 435 g/mol. The molecule has 1 aromatic heterocycles. The van der Waals surface area contributed by atoms with Gasteiger partial charge < -0.3 is 14.8 Å². The summed E-state index contributed by atoms with van der Waals surface area (Å²) in [7, 11) is 0. The van der Waals surface area contributed by atoms with E-state index in [-0.39, 0.29) is 11.0 Å². The van der Waals surface area contributed by atoms with Crippen LogP contribution in [0.2, 0.25) is 5.02 Å². The number of thiocarbonyl (C=S) groups is 1. The first-order valence-electron chi connectivity index (χ1n) is 8.69. The first-order chi connectivity index (χ1) is 13.6. The molecule has 1 heterocycles. The molecule has 0 spiro atoms. The zero-order chi connectivity index (χ0) is 19.9. The van der Waals surface area contributed by atoms with Gasteiger partial charge in [0.05, 0.1) is 17.3 Å². The van der Waals surface area contributed by atoms with Crippen LogP contribution in [0.4, 0.5) is 5.69 Å². The number of hydrogen-bond donors (Lipinski definition) is 2. The molecule has 0 unspecified atom stereocenters. The number of rotatable bonds is 7. The van der Waals surface area contributed by atoms with Crippen LogP contribution in [-0.4, -0.2) is 30.8 Å². The highest BCUT2D eigenvalue weighted by Gasteiger charge is 2.18. The monoisotopic (exact) mass is 434 g/mol. The summed E-state index contributed by atoms with van der Waals surface area (Å²) in [5, 5.41) is 7.13. The van der Waals surface area contributed by atoms with Gasteiger partial charge in [-0.25, -0.2) is 0 Å². The number of benzene rings is 2. The van der Waals surface area contributed by atoms with E-state index in [4.69, 9.17) is 33.3 Å². The van der Waals surface area contributed by atoms with Gasteiger partial charge in [0.25, 0.3) is 5.91 Å². The van der Waals surface area contributed by atoms with E-state index in [0.29, 0.717) is 41.2 Å². The second-order valence-corrected chi connectivity index (χ2v) is 7.53. The molecule has 0 bridgehead atoms. The number of hydrogen-bond acceptors (Lipinski definition) is 5. The van der Waals surface area contributed by atoms with Crippen molar-refractivity contribution in [1.82, 2.24) is 5.32 Å². The lowest BCUT2D eigenvalue weighted by Gasteiger charge is -2.14. The Morgan fingerprint density at radius 2 is 1.89 bits per heavy atom. The number of nitrogens with one attached hydrogen (secondary N) is 2. The molecule has 2 N–H and O–H groups in total. The van der Waals surface area contributed by atoms with E-state index < -0.39 is 0 Å². The summed E-state index contributed by atoms with van der Waals surface area (Å²) in [6.45, 7) is 3.48. The Morgan fingerprint density at radius 1 is 1.14 bits per heavy atom. The highest BCUT2D eigenvalue weighted by atomic mass is 35.5. The van der Waals surface area contributed by atoms with Crippen molar-refractivity contribution < 1.29 is 14.3 Å². The van der Waals surface area contributed by atoms with Crippen LogP contribution in [0.15, 0.2) is 48.5 Å². The molecule has 0 saturated heterocycles. The minimum atomic E-state index is -0.349. The number of para-hydroxylation sites is 2. The molecule has 28 heavy (non-hydrogen) atoms. The lowest BCUT2D eigenvalue weighted by Crippen LogP contribution is -2.33. The van der Waals surface area contributed by atoms with Gasteiger partial charge in [0, 0.05) is 16.7 Å². The Labute approximate surface area is 177 Å². The van der Waals surface area contributed by atoms with Crippen LogP contribution in [0.3, 0.4) is 0 Å². The third kappa shape index (κ3) is 4.99. The van der Waals surface area contributed by atoms with Crippen molar-refractivity contribution in [3.05, 3.63) is 58.4 Å². The molecule has 3 rings (SSSR count). The lowest BCUT2D eigenvalue weighted by atomic mass is 10.2. The normalized spacial score (nSPS) is 10.6. The van der Waals surface area contributed by atoms with Gasteiger partial charge in [-0.05, 0) is 37.3 Å². The summed E-state index contributed by atoms with van der Waals surface area (Å²) in [5.41, 5.74) is 0.659. The van der Waals surface area contributed by atoms with Gasteiger partial charge in [-0.1, -0.05) is 41.9 Å². The second-order valence-electron chi connectivity index (χ2n) is 5.69. The van der Waals surface area contributed by atoms with Crippen LogP contribution in [-0.2, 0) is 4.74 Å². The van der Waals surface area contributed by atoms with Gasteiger partial charge in [-0.15, -0.1) is 11.3 Å². The molecule has 0 radical (unpaired) electrons. The molecule has 0 fully saturated rings. The van der Waals surface area contributed by atoms with Gasteiger partial charge in [0.2, 0.25) is 0 Å². The minimum Gasteiger partial charge on any atom is -0.489 e. The molecule has 146 valence electrons. The number of amides is 1. The highest BCUT2D eigenvalue weighted by molar-refractivity contribution is 7.80. The third-order valence-corrected chi connectivity index (χ3v) is 5.67. The number of carbonyl (C=O) groups is 1. The van der Waals surface area contributed by atoms with Crippen LogP contribution in [0.1, 0.15) is 16.6 Å². The third-order valence-electron chi connectivity index (χ3n) is 3.79.